The summed E-state index contributed by atoms with van der Waals surface area (Å²) in [7, 11) is -3.94. The number of rotatable bonds is 4. The molecule has 0 aliphatic heterocycles. The zero-order chi connectivity index (χ0) is 15.5. The summed E-state index contributed by atoms with van der Waals surface area (Å²) in [5, 5.41) is -1.000. The molecule has 0 aliphatic rings. The van der Waals surface area contributed by atoms with Crippen molar-refractivity contribution in [3.8, 4) is 0 Å². The van der Waals surface area contributed by atoms with Crippen LogP contribution in [0.1, 0.15) is 11.1 Å². The summed E-state index contributed by atoms with van der Waals surface area (Å²) in [5.74, 6) is 0. The van der Waals surface area contributed by atoms with E-state index in [4.69, 9.17) is 11.6 Å². The molecule has 0 radical (unpaired) electrons. The lowest BCUT2D eigenvalue weighted by atomic mass is 10.2. The Hall–Kier alpha value is -1.91. The highest BCUT2D eigenvalue weighted by Gasteiger charge is 2.25. The molecule has 0 aliphatic carbocycles. The Balaban J connectivity index is 2.58. The van der Waals surface area contributed by atoms with Gasteiger partial charge in [-0.15, -0.1) is 0 Å². The van der Waals surface area contributed by atoms with E-state index in [0.717, 1.165) is 5.56 Å². The van der Waals surface area contributed by atoms with E-state index in [1.807, 2.05) is 0 Å². The van der Waals surface area contributed by atoms with Crippen molar-refractivity contribution in [1.29, 1.82) is 0 Å². The van der Waals surface area contributed by atoms with Crippen LogP contribution < -0.4 is 0 Å². The number of carbonyl (C=O) groups excluding carboxylic acids is 1. The molecule has 3 nitrogen and oxygen atoms in total. The van der Waals surface area contributed by atoms with Crippen LogP contribution in [-0.4, -0.2) is 13.7 Å². The van der Waals surface area contributed by atoms with E-state index < -0.39 is 20.0 Å². The predicted octanol–water partition coefficient (Wildman–Crippen LogP) is 3.58. The van der Waals surface area contributed by atoms with Gasteiger partial charge in [-0.3, -0.25) is 4.79 Å². The van der Waals surface area contributed by atoms with E-state index in [1.54, 1.807) is 49.4 Å². The highest BCUT2D eigenvalue weighted by molar-refractivity contribution is 7.96. The van der Waals surface area contributed by atoms with Gasteiger partial charge < -0.3 is 0 Å². The maximum Gasteiger partial charge on any atom is 0.264 e. The highest BCUT2D eigenvalue weighted by Crippen LogP contribution is 2.24. The molecule has 0 fully saturated rings. The molecule has 108 valence electrons. The van der Waals surface area contributed by atoms with E-state index >= 15 is 0 Å². The van der Waals surface area contributed by atoms with Gasteiger partial charge in [0.15, 0.2) is 0 Å². The quantitative estimate of drug-likeness (QED) is 0.639. The van der Waals surface area contributed by atoms with Crippen LogP contribution in [0.25, 0.3) is 6.08 Å². The predicted molar refractivity (Wildman–Crippen MR) is 83.6 cm³/mol. The van der Waals surface area contributed by atoms with Crippen LogP contribution in [0.15, 0.2) is 64.4 Å². The molecule has 0 bridgehead atoms. The summed E-state index contributed by atoms with van der Waals surface area (Å²) in [6.45, 7) is 1.78. The number of allylic oxidation sites excluding steroid dienone is 1. The number of benzene rings is 2. The lowest BCUT2D eigenvalue weighted by Crippen LogP contribution is -2.10. The van der Waals surface area contributed by atoms with Gasteiger partial charge in [-0.25, -0.2) is 8.42 Å². The average molecular weight is 321 g/mol. The Morgan fingerprint density at radius 2 is 1.71 bits per heavy atom. The summed E-state index contributed by atoms with van der Waals surface area (Å²) >= 11 is 5.48. The lowest BCUT2D eigenvalue weighted by Gasteiger charge is -2.06. The molecule has 2 aromatic carbocycles. The first-order chi connectivity index (χ1) is 9.91. The van der Waals surface area contributed by atoms with E-state index in [2.05, 4.69) is 0 Å². The van der Waals surface area contributed by atoms with Gasteiger partial charge in [0.2, 0.25) is 9.84 Å². The second-order valence-electron chi connectivity index (χ2n) is 4.51. The molecule has 0 saturated carbocycles. The summed E-state index contributed by atoms with van der Waals surface area (Å²) in [4.78, 5) is 11.2. The Bertz CT molecular complexity index is 793. The van der Waals surface area contributed by atoms with Crippen LogP contribution in [0.4, 0.5) is 0 Å². The number of halogens is 1. The van der Waals surface area contributed by atoms with Crippen LogP contribution in [-0.2, 0) is 14.6 Å². The van der Waals surface area contributed by atoms with Gasteiger partial charge in [-0.05, 0) is 47.9 Å². The molecular formula is C16H13ClO3S. The first-order valence-corrected chi connectivity index (χ1v) is 8.06. The van der Waals surface area contributed by atoms with Gasteiger partial charge in [0.25, 0.3) is 5.24 Å². The maximum atomic E-state index is 12.6. The molecule has 0 spiro atoms. The molecule has 21 heavy (non-hydrogen) atoms. The van der Waals surface area contributed by atoms with Gasteiger partial charge in [-0.2, -0.15) is 0 Å². The van der Waals surface area contributed by atoms with E-state index in [1.165, 1.54) is 18.2 Å². The fraction of sp³-hybridized carbons (Fsp3) is 0.0625. The van der Waals surface area contributed by atoms with E-state index in [0.29, 0.717) is 5.56 Å². The molecule has 0 unspecified atom stereocenters. The third kappa shape index (κ3) is 3.60. The van der Waals surface area contributed by atoms with Crippen LogP contribution in [0, 0.1) is 6.92 Å². The molecule has 0 amide bonds. The summed E-state index contributed by atoms with van der Waals surface area (Å²) in [6.07, 6.45) is 1.28. The molecule has 2 aromatic rings. The van der Waals surface area contributed by atoms with Crippen molar-refractivity contribution in [3.63, 3.8) is 0 Å². The standard InChI is InChI=1S/C16H13ClO3S/c1-12-6-5-9-14(10-12)21(19,20)15(16(17)18)11-13-7-3-2-4-8-13/h2-11H,1H3/b15-11-. The smallest absolute Gasteiger partial charge is 0.264 e. The van der Waals surface area contributed by atoms with Gasteiger partial charge in [0.1, 0.15) is 4.91 Å². The Morgan fingerprint density at radius 1 is 1.05 bits per heavy atom. The number of hydrogen-bond acceptors (Lipinski definition) is 3. The minimum atomic E-state index is -3.94. The number of hydrogen-bond donors (Lipinski definition) is 0. The van der Waals surface area contributed by atoms with Crippen LogP contribution in [0.3, 0.4) is 0 Å². The van der Waals surface area contributed by atoms with Crippen LogP contribution in [0.5, 0.6) is 0 Å². The van der Waals surface area contributed by atoms with Crippen molar-refractivity contribution in [2.24, 2.45) is 0 Å². The van der Waals surface area contributed by atoms with Gasteiger partial charge in [0.05, 0.1) is 4.90 Å². The third-order valence-corrected chi connectivity index (χ3v) is 4.95. The monoisotopic (exact) mass is 320 g/mol. The fourth-order valence-corrected chi connectivity index (χ4v) is 3.56. The molecule has 0 N–H and O–H groups in total. The summed E-state index contributed by atoms with van der Waals surface area (Å²) in [5.41, 5.74) is 1.38. The normalized spacial score (nSPS) is 12.2. The molecule has 0 saturated heterocycles. The van der Waals surface area contributed by atoms with Crippen molar-refractivity contribution in [2.45, 2.75) is 11.8 Å². The molecule has 0 aromatic heterocycles. The topological polar surface area (TPSA) is 51.2 Å². The number of aryl methyl sites for hydroxylation is 1. The molecule has 5 heteroatoms. The zero-order valence-corrected chi connectivity index (χ0v) is 12.9. The molecule has 0 atom stereocenters. The van der Waals surface area contributed by atoms with Crippen molar-refractivity contribution < 1.29 is 13.2 Å². The Kier molecular flexibility index (Phi) is 4.60. The van der Waals surface area contributed by atoms with E-state index in [-0.39, 0.29) is 4.90 Å². The molecule has 0 heterocycles. The summed E-state index contributed by atoms with van der Waals surface area (Å²) in [6, 6.07) is 15.1. The van der Waals surface area contributed by atoms with Crippen molar-refractivity contribution in [3.05, 3.63) is 70.6 Å². The molecule has 2 rings (SSSR count). The summed E-state index contributed by atoms with van der Waals surface area (Å²) < 4.78 is 25.1. The second-order valence-corrected chi connectivity index (χ2v) is 6.77. The zero-order valence-electron chi connectivity index (χ0n) is 11.3. The Morgan fingerprint density at radius 3 is 2.29 bits per heavy atom. The minimum Gasteiger partial charge on any atom is -0.275 e. The third-order valence-electron chi connectivity index (χ3n) is 2.88. The largest absolute Gasteiger partial charge is 0.275 e. The van der Waals surface area contributed by atoms with Crippen LogP contribution in [0.2, 0.25) is 0 Å². The number of sulfone groups is 1. The van der Waals surface area contributed by atoms with Gasteiger partial charge in [-0.1, -0.05) is 42.5 Å². The van der Waals surface area contributed by atoms with Gasteiger partial charge in [0, 0.05) is 0 Å². The first kappa shape index (κ1) is 15.5. The SMILES string of the molecule is Cc1cccc(S(=O)(=O)/C(=C\c2ccccc2)C(=O)Cl)c1. The fourth-order valence-electron chi connectivity index (χ4n) is 1.85. The van der Waals surface area contributed by atoms with Crippen molar-refractivity contribution in [1.82, 2.24) is 0 Å². The average Bonchev–Trinajstić information content (AvgIpc) is 2.45. The maximum absolute atomic E-state index is 12.6. The lowest BCUT2D eigenvalue weighted by molar-refractivity contribution is -0.107. The van der Waals surface area contributed by atoms with Gasteiger partial charge >= 0.3 is 0 Å². The van der Waals surface area contributed by atoms with Crippen molar-refractivity contribution >= 4 is 32.8 Å². The van der Waals surface area contributed by atoms with Crippen molar-refractivity contribution in [2.75, 3.05) is 0 Å². The Labute approximate surface area is 128 Å². The first-order valence-electron chi connectivity index (χ1n) is 6.19. The minimum absolute atomic E-state index is 0.0543. The number of carbonyl (C=O) groups is 1. The highest BCUT2D eigenvalue weighted by atomic mass is 35.5. The second kappa shape index (κ2) is 6.24. The van der Waals surface area contributed by atoms with E-state index in [9.17, 15) is 13.2 Å². The van der Waals surface area contributed by atoms with Crippen LogP contribution >= 0.6 is 11.6 Å². The molecular weight excluding hydrogens is 308 g/mol.